The van der Waals surface area contributed by atoms with Crippen molar-refractivity contribution in [1.29, 1.82) is 0 Å². The first kappa shape index (κ1) is 10.1. The number of nitrogens with zero attached hydrogens (tertiary/aromatic N) is 1. The Labute approximate surface area is 78.5 Å². The van der Waals surface area contributed by atoms with Crippen LogP contribution in [-0.4, -0.2) is 11.3 Å². The van der Waals surface area contributed by atoms with E-state index in [1.807, 2.05) is 0 Å². The van der Waals surface area contributed by atoms with Crippen LogP contribution in [0.15, 0.2) is 6.07 Å². The summed E-state index contributed by atoms with van der Waals surface area (Å²) in [4.78, 5) is 13.8. The fraction of sp³-hybridized carbons (Fsp3) is 0.250. The highest BCUT2D eigenvalue weighted by molar-refractivity contribution is 6.29. The van der Waals surface area contributed by atoms with Crippen molar-refractivity contribution >= 4 is 17.9 Å². The molecular formula is C8H6ClF2NO. The van der Waals surface area contributed by atoms with E-state index in [1.54, 1.807) is 0 Å². The fourth-order valence-corrected chi connectivity index (χ4v) is 1.24. The third-order valence-corrected chi connectivity index (χ3v) is 1.78. The summed E-state index contributed by atoms with van der Waals surface area (Å²) in [5.41, 5.74) is -0.232. The molecule has 0 aliphatic carbocycles. The summed E-state index contributed by atoms with van der Waals surface area (Å²) < 4.78 is 24.6. The monoisotopic (exact) mass is 205 g/mol. The highest BCUT2D eigenvalue weighted by Gasteiger charge is 2.17. The molecule has 0 saturated carbocycles. The minimum atomic E-state index is -2.78. The zero-order chi connectivity index (χ0) is 10.0. The largest absolute Gasteiger partial charge is 0.298 e. The lowest BCUT2D eigenvalue weighted by molar-refractivity contribution is 0.110. The molecule has 0 atom stereocenters. The zero-order valence-electron chi connectivity index (χ0n) is 6.72. The van der Waals surface area contributed by atoms with Crippen LogP contribution in [0.5, 0.6) is 0 Å². The van der Waals surface area contributed by atoms with Crippen LogP contribution in [0.4, 0.5) is 8.78 Å². The van der Waals surface area contributed by atoms with Crippen LogP contribution in [0, 0.1) is 6.92 Å². The number of carbonyl (C=O) groups excluding carboxylic acids is 1. The average molecular weight is 206 g/mol. The topological polar surface area (TPSA) is 30.0 Å². The number of aryl methyl sites for hydroxylation is 1. The Morgan fingerprint density at radius 3 is 2.69 bits per heavy atom. The van der Waals surface area contributed by atoms with Crippen molar-refractivity contribution in [2.75, 3.05) is 0 Å². The number of carbonyl (C=O) groups is 1. The van der Waals surface area contributed by atoms with Crippen molar-refractivity contribution in [3.8, 4) is 0 Å². The summed E-state index contributed by atoms with van der Waals surface area (Å²) in [7, 11) is 0. The second-order valence-corrected chi connectivity index (χ2v) is 2.87. The van der Waals surface area contributed by atoms with Crippen LogP contribution < -0.4 is 0 Å². The lowest BCUT2D eigenvalue weighted by Crippen LogP contribution is -2.00. The van der Waals surface area contributed by atoms with E-state index in [2.05, 4.69) is 4.98 Å². The minimum absolute atomic E-state index is 0.0293. The van der Waals surface area contributed by atoms with E-state index in [0.717, 1.165) is 0 Å². The second kappa shape index (κ2) is 3.79. The molecule has 0 spiro atoms. The van der Waals surface area contributed by atoms with E-state index in [-0.39, 0.29) is 10.7 Å². The molecule has 0 aliphatic heterocycles. The maximum absolute atomic E-state index is 12.3. The van der Waals surface area contributed by atoms with Crippen LogP contribution >= 0.6 is 11.6 Å². The standard InChI is InChI=1S/C8H6ClF2NO/c1-4-2-6(9)12-7(8(10)11)5(4)3-13/h2-3,8H,1H3. The van der Waals surface area contributed by atoms with E-state index in [1.165, 1.54) is 13.0 Å². The van der Waals surface area contributed by atoms with Crippen LogP contribution in [0.1, 0.15) is 28.0 Å². The summed E-state index contributed by atoms with van der Waals surface area (Å²) in [5.74, 6) is 0. The Hall–Kier alpha value is -1.03. The first-order chi connectivity index (χ1) is 6.06. The lowest BCUT2D eigenvalue weighted by Gasteiger charge is -2.05. The van der Waals surface area contributed by atoms with Gasteiger partial charge in [0.25, 0.3) is 6.43 Å². The molecule has 1 heterocycles. The molecule has 0 radical (unpaired) electrons. The molecule has 0 N–H and O–H groups in total. The normalized spacial score (nSPS) is 10.5. The van der Waals surface area contributed by atoms with Gasteiger partial charge in [0.15, 0.2) is 6.29 Å². The van der Waals surface area contributed by atoms with Gasteiger partial charge < -0.3 is 0 Å². The molecule has 0 unspecified atom stereocenters. The Kier molecular flexibility index (Phi) is 2.93. The predicted molar refractivity (Wildman–Crippen MR) is 44.3 cm³/mol. The van der Waals surface area contributed by atoms with E-state index in [4.69, 9.17) is 11.6 Å². The van der Waals surface area contributed by atoms with Crippen LogP contribution in [-0.2, 0) is 0 Å². The quantitative estimate of drug-likeness (QED) is 0.549. The SMILES string of the molecule is Cc1cc(Cl)nc(C(F)F)c1C=O. The van der Waals surface area contributed by atoms with Crippen LogP contribution in [0.2, 0.25) is 5.15 Å². The van der Waals surface area contributed by atoms with Crippen molar-refractivity contribution in [1.82, 2.24) is 4.98 Å². The second-order valence-electron chi connectivity index (χ2n) is 2.48. The number of halogens is 3. The number of rotatable bonds is 2. The Balaban J connectivity index is 3.38. The maximum Gasteiger partial charge on any atom is 0.281 e. The van der Waals surface area contributed by atoms with Gasteiger partial charge in [0, 0.05) is 5.56 Å². The Bertz CT molecular complexity index is 341. The summed E-state index contributed by atoms with van der Waals surface area (Å²) in [6.45, 7) is 1.53. The Morgan fingerprint density at radius 1 is 1.62 bits per heavy atom. The molecule has 70 valence electrons. The number of pyridine rings is 1. The summed E-state index contributed by atoms with van der Waals surface area (Å²) in [6.07, 6.45) is -2.42. The van der Waals surface area contributed by atoms with Gasteiger partial charge in [0.2, 0.25) is 0 Å². The van der Waals surface area contributed by atoms with Crippen molar-refractivity contribution < 1.29 is 13.6 Å². The van der Waals surface area contributed by atoms with E-state index >= 15 is 0 Å². The summed E-state index contributed by atoms with van der Waals surface area (Å²) >= 11 is 5.46. The molecule has 2 nitrogen and oxygen atoms in total. The molecule has 0 aliphatic rings. The molecule has 1 aromatic heterocycles. The number of aldehydes is 1. The Morgan fingerprint density at radius 2 is 2.23 bits per heavy atom. The first-order valence-electron chi connectivity index (χ1n) is 3.46. The number of alkyl halides is 2. The highest BCUT2D eigenvalue weighted by Crippen LogP contribution is 2.24. The maximum atomic E-state index is 12.3. The molecule has 0 fully saturated rings. The molecule has 0 saturated heterocycles. The number of hydrogen-bond acceptors (Lipinski definition) is 2. The van der Waals surface area contributed by atoms with E-state index < -0.39 is 12.1 Å². The molecule has 13 heavy (non-hydrogen) atoms. The van der Waals surface area contributed by atoms with E-state index in [0.29, 0.717) is 11.8 Å². The molecule has 0 aromatic carbocycles. The van der Waals surface area contributed by atoms with Gasteiger partial charge >= 0.3 is 0 Å². The number of aromatic nitrogens is 1. The third-order valence-electron chi connectivity index (χ3n) is 1.59. The van der Waals surface area contributed by atoms with Gasteiger partial charge in [0.1, 0.15) is 10.8 Å². The first-order valence-corrected chi connectivity index (χ1v) is 3.84. The molecule has 5 heteroatoms. The van der Waals surface area contributed by atoms with Crippen LogP contribution in [0.25, 0.3) is 0 Å². The molecule has 1 rings (SSSR count). The van der Waals surface area contributed by atoms with Crippen molar-refractivity contribution in [3.05, 3.63) is 28.0 Å². The molecule has 0 bridgehead atoms. The van der Waals surface area contributed by atoms with Gasteiger partial charge in [-0.1, -0.05) is 11.6 Å². The van der Waals surface area contributed by atoms with Crippen LogP contribution in [0.3, 0.4) is 0 Å². The summed E-state index contributed by atoms with van der Waals surface area (Å²) in [6, 6.07) is 1.37. The van der Waals surface area contributed by atoms with Crippen molar-refractivity contribution in [2.24, 2.45) is 0 Å². The molecule has 0 amide bonds. The van der Waals surface area contributed by atoms with Gasteiger partial charge in [-0.2, -0.15) is 0 Å². The summed E-state index contributed by atoms with van der Waals surface area (Å²) in [5, 5.41) is -0.0293. The zero-order valence-corrected chi connectivity index (χ0v) is 7.48. The highest BCUT2D eigenvalue weighted by atomic mass is 35.5. The molecular weight excluding hydrogens is 200 g/mol. The number of hydrogen-bond donors (Lipinski definition) is 0. The van der Waals surface area contributed by atoms with Crippen molar-refractivity contribution in [2.45, 2.75) is 13.3 Å². The van der Waals surface area contributed by atoms with E-state index in [9.17, 15) is 13.6 Å². The lowest BCUT2D eigenvalue weighted by atomic mass is 10.1. The fourth-order valence-electron chi connectivity index (χ4n) is 0.986. The van der Waals surface area contributed by atoms with Gasteiger partial charge in [-0.05, 0) is 18.6 Å². The molecule has 1 aromatic rings. The van der Waals surface area contributed by atoms with Gasteiger partial charge in [0.05, 0.1) is 0 Å². The smallest absolute Gasteiger partial charge is 0.281 e. The van der Waals surface area contributed by atoms with Gasteiger partial charge in [-0.25, -0.2) is 13.8 Å². The predicted octanol–water partition coefficient (Wildman–Crippen LogP) is 2.79. The third kappa shape index (κ3) is 2.01. The minimum Gasteiger partial charge on any atom is -0.298 e. The van der Waals surface area contributed by atoms with Gasteiger partial charge in [-0.15, -0.1) is 0 Å². The van der Waals surface area contributed by atoms with Crippen molar-refractivity contribution in [3.63, 3.8) is 0 Å². The average Bonchev–Trinajstić information content (AvgIpc) is 2.02. The van der Waals surface area contributed by atoms with Gasteiger partial charge in [-0.3, -0.25) is 4.79 Å².